The Bertz CT molecular complexity index is 1430. The van der Waals surface area contributed by atoms with E-state index in [1.54, 1.807) is 11.8 Å². The molecular formula is C24H20FN3O3S2. The maximum Gasteiger partial charge on any atom is 0.297 e. The number of rotatable bonds is 5. The highest BCUT2D eigenvalue weighted by Crippen LogP contribution is 2.42. The number of anilines is 1. The molecule has 0 saturated heterocycles. The third kappa shape index (κ3) is 3.75. The van der Waals surface area contributed by atoms with Crippen LogP contribution < -0.4 is 10.3 Å². The molecule has 0 aliphatic carbocycles. The molecule has 9 heteroatoms. The van der Waals surface area contributed by atoms with Gasteiger partial charge in [-0.3, -0.25) is 14.5 Å². The molecule has 0 saturated carbocycles. The van der Waals surface area contributed by atoms with Crippen LogP contribution in [-0.4, -0.2) is 22.4 Å². The molecule has 0 radical (unpaired) electrons. The van der Waals surface area contributed by atoms with Gasteiger partial charge in [-0.05, 0) is 48.1 Å². The summed E-state index contributed by atoms with van der Waals surface area (Å²) < 4.78 is 19.8. The van der Waals surface area contributed by atoms with Crippen LogP contribution in [0.25, 0.3) is 11.0 Å². The lowest BCUT2D eigenvalue weighted by atomic mass is 9.99. The quantitative estimate of drug-likeness (QED) is 0.353. The Labute approximate surface area is 197 Å². The van der Waals surface area contributed by atoms with E-state index >= 15 is 0 Å². The van der Waals surface area contributed by atoms with Crippen LogP contribution in [0.2, 0.25) is 0 Å². The Balaban J connectivity index is 1.73. The normalized spacial score (nSPS) is 15.6. The lowest BCUT2D eigenvalue weighted by Gasteiger charge is -2.22. The van der Waals surface area contributed by atoms with Crippen LogP contribution in [0.5, 0.6) is 0 Å². The number of aromatic nitrogens is 2. The highest BCUT2D eigenvalue weighted by atomic mass is 32.2. The summed E-state index contributed by atoms with van der Waals surface area (Å²) in [7, 11) is 0. The minimum atomic E-state index is -0.743. The van der Waals surface area contributed by atoms with Crippen molar-refractivity contribution < 1.29 is 13.6 Å². The Morgan fingerprint density at radius 3 is 2.61 bits per heavy atom. The molecule has 0 spiro atoms. The van der Waals surface area contributed by atoms with E-state index in [9.17, 15) is 14.0 Å². The second-order valence-corrected chi connectivity index (χ2v) is 10.2. The second-order valence-electron chi connectivity index (χ2n) is 8.24. The van der Waals surface area contributed by atoms with Crippen molar-refractivity contribution in [3.63, 3.8) is 0 Å². The van der Waals surface area contributed by atoms with Gasteiger partial charge in [0, 0.05) is 11.3 Å². The summed E-state index contributed by atoms with van der Waals surface area (Å²) in [5, 5.41) is 9.84. The molecule has 1 atom stereocenters. The first kappa shape index (κ1) is 21.8. The van der Waals surface area contributed by atoms with Gasteiger partial charge >= 0.3 is 0 Å². The molecule has 33 heavy (non-hydrogen) atoms. The first-order valence-corrected chi connectivity index (χ1v) is 12.5. The Hall–Kier alpha value is -3.04. The summed E-state index contributed by atoms with van der Waals surface area (Å²) in [5.74, 6) is -0.659. The van der Waals surface area contributed by atoms with Crippen molar-refractivity contribution in [3.05, 3.63) is 80.4 Å². The SMILES string of the molecule is CSc1ccc([C@H]2c3c(oc4ccc(F)cc4c3=O)C(=O)N2c2nnc(CC(C)C)s2)cc1. The molecule has 1 amide bonds. The molecule has 2 aromatic carbocycles. The number of benzene rings is 2. The van der Waals surface area contributed by atoms with Crippen LogP contribution in [0.15, 0.2) is 56.6 Å². The number of hydrogen-bond donors (Lipinski definition) is 0. The van der Waals surface area contributed by atoms with E-state index in [1.165, 1.54) is 28.4 Å². The van der Waals surface area contributed by atoms with Gasteiger partial charge in [0.05, 0.1) is 17.0 Å². The van der Waals surface area contributed by atoms with Crippen LogP contribution in [0.1, 0.15) is 46.6 Å². The van der Waals surface area contributed by atoms with Gasteiger partial charge < -0.3 is 4.42 Å². The number of nitrogens with zero attached hydrogens (tertiary/aromatic N) is 3. The zero-order chi connectivity index (χ0) is 23.3. The first-order valence-electron chi connectivity index (χ1n) is 10.4. The largest absolute Gasteiger partial charge is 0.450 e. The van der Waals surface area contributed by atoms with Crippen molar-refractivity contribution in [3.8, 4) is 0 Å². The molecule has 0 fully saturated rings. The Kier molecular flexibility index (Phi) is 5.54. The molecule has 3 heterocycles. The van der Waals surface area contributed by atoms with Crippen LogP contribution >= 0.6 is 23.1 Å². The minimum Gasteiger partial charge on any atom is -0.450 e. The maximum absolute atomic E-state index is 13.9. The van der Waals surface area contributed by atoms with Crippen molar-refractivity contribution >= 4 is 45.1 Å². The molecule has 0 bridgehead atoms. The fraction of sp³-hybridized carbons (Fsp3) is 0.250. The molecule has 1 aliphatic heterocycles. The predicted molar refractivity (Wildman–Crippen MR) is 128 cm³/mol. The number of fused-ring (bicyclic) bond motifs is 2. The van der Waals surface area contributed by atoms with E-state index in [4.69, 9.17) is 4.42 Å². The fourth-order valence-electron chi connectivity index (χ4n) is 4.02. The van der Waals surface area contributed by atoms with Crippen LogP contribution in [0, 0.1) is 11.7 Å². The average molecular weight is 482 g/mol. The summed E-state index contributed by atoms with van der Waals surface area (Å²) in [4.78, 5) is 29.6. The number of amides is 1. The summed E-state index contributed by atoms with van der Waals surface area (Å²) in [6, 6.07) is 10.6. The number of carbonyl (C=O) groups is 1. The third-order valence-electron chi connectivity index (χ3n) is 5.51. The topological polar surface area (TPSA) is 76.3 Å². The van der Waals surface area contributed by atoms with E-state index in [2.05, 4.69) is 24.0 Å². The molecule has 6 nitrogen and oxygen atoms in total. The third-order valence-corrected chi connectivity index (χ3v) is 7.20. The van der Waals surface area contributed by atoms with Crippen molar-refractivity contribution in [2.24, 2.45) is 5.92 Å². The molecule has 4 aromatic rings. The van der Waals surface area contributed by atoms with Crippen molar-refractivity contribution in [2.75, 3.05) is 11.2 Å². The standard InChI is InChI=1S/C24H20FN3O3S2/c1-12(2)10-18-26-27-24(33-18)28-20(13-4-7-15(32-3)8-5-13)19-21(29)16-11-14(25)6-9-17(16)31-22(19)23(28)30/h4-9,11-12,20H,10H2,1-3H3/t20-/m0/s1. The Morgan fingerprint density at radius 1 is 1.15 bits per heavy atom. The number of halogens is 1. The molecule has 2 aromatic heterocycles. The monoisotopic (exact) mass is 481 g/mol. The summed E-state index contributed by atoms with van der Waals surface area (Å²) in [5.41, 5.74) is 0.677. The van der Waals surface area contributed by atoms with E-state index in [1.807, 2.05) is 30.5 Å². The van der Waals surface area contributed by atoms with Gasteiger partial charge in [0.25, 0.3) is 5.91 Å². The van der Waals surface area contributed by atoms with Crippen molar-refractivity contribution in [1.82, 2.24) is 10.2 Å². The van der Waals surface area contributed by atoms with Gasteiger partial charge in [-0.15, -0.1) is 22.0 Å². The molecule has 0 N–H and O–H groups in total. The molecule has 168 valence electrons. The summed E-state index contributed by atoms with van der Waals surface area (Å²) in [6.07, 6.45) is 2.71. The maximum atomic E-state index is 13.9. The summed E-state index contributed by atoms with van der Waals surface area (Å²) in [6.45, 7) is 4.17. The predicted octanol–water partition coefficient (Wildman–Crippen LogP) is 5.45. The number of hydrogen-bond acceptors (Lipinski definition) is 7. The zero-order valence-corrected chi connectivity index (χ0v) is 19.8. The van der Waals surface area contributed by atoms with Gasteiger partial charge in [0.1, 0.15) is 16.4 Å². The van der Waals surface area contributed by atoms with E-state index in [0.29, 0.717) is 11.0 Å². The molecule has 0 unspecified atom stereocenters. The fourth-order valence-corrected chi connectivity index (χ4v) is 5.50. The average Bonchev–Trinajstić information content (AvgIpc) is 3.36. The molecular weight excluding hydrogens is 461 g/mol. The van der Waals surface area contributed by atoms with Crippen LogP contribution in [0.3, 0.4) is 0 Å². The Morgan fingerprint density at radius 2 is 1.91 bits per heavy atom. The first-order chi connectivity index (χ1) is 15.9. The van der Waals surface area contributed by atoms with Crippen molar-refractivity contribution in [2.45, 2.75) is 31.2 Å². The lowest BCUT2D eigenvalue weighted by Crippen LogP contribution is -2.29. The molecule has 5 rings (SSSR count). The molecule has 1 aliphatic rings. The van der Waals surface area contributed by atoms with E-state index in [-0.39, 0.29) is 22.3 Å². The highest BCUT2D eigenvalue weighted by molar-refractivity contribution is 7.98. The second kappa shape index (κ2) is 8.39. The zero-order valence-electron chi connectivity index (χ0n) is 18.2. The van der Waals surface area contributed by atoms with Gasteiger partial charge in [0.2, 0.25) is 10.9 Å². The van der Waals surface area contributed by atoms with Crippen molar-refractivity contribution in [1.29, 1.82) is 0 Å². The van der Waals surface area contributed by atoms with Gasteiger partial charge in [-0.1, -0.05) is 37.3 Å². The number of carbonyl (C=O) groups excluding carboxylic acids is 1. The van der Waals surface area contributed by atoms with E-state index in [0.717, 1.165) is 28.0 Å². The van der Waals surface area contributed by atoms with Gasteiger partial charge in [0.15, 0.2) is 5.43 Å². The van der Waals surface area contributed by atoms with Crippen LogP contribution in [-0.2, 0) is 6.42 Å². The minimum absolute atomic E-state index is 0.0429. The lowest BCUT2D eigenvalue weighted by molar-refractivity contribution is 0.0970. The smallest absolute Gasteiger partial charge is 0.297 e. The van der Waals surface area contributed by atoms with Crippen LogP contribution in [0.4, 0.5) is 9.52 Å². The van der Waals surface area contributed by atoms with Gasteiger partial charge in [-0.25, -0.2) is 4.39 Å². The number of thioether (sulfide) groups is 1. The summed E-state index contributed by atoms with van der Waals surface area (Å²) >= 11 is 2.92. The van der Waals surface area contributed by atoms with Gasteiger partial charge in [-0.2, -0.15) is 0 Å². The highest BCUT2D eigenvalue weighted by Gasteiger charge is 2.45. The van der Waals surface area contributed by atoms with E-state index < -0.39 is 23.2 Å².